The minimum Gasteiger partial charge on any atom is -0.357 e. The van der Waals surface area contributed by atoms with Gasteiger partial charge in [0.15, 0.2) is 0 Å². The van der Waals surface area contributed by atoms with Gasteiger partial charge in [0.25, 0.3) is 15.7 Å². The fourth-order valence-corrected chi connectivity index (χ4v) is 5.24. The Hall–Kier alpha value is -4.25. The van der Waals surface area contributed by atoms with E-state index in [1.165, 1.54) is 54.4 Å². The van der Waals surface area contributed by atoms with Gasteiger partial charge in [-0.3, -0.25) is 24.0 Å². The Bertz CT molecular complexity index is 1390. The summed E-state index contributed by atoms with van der Waals surface area (Å²) < 4.78 is 28.1. The Balaban J connectivity index is 2.07. The van der Waals surface area contributed by atoms with Crippen molar-refractivity contribution < 1.29 is 22.9 Å². The maximum atomic E-state index is 13.7. The normalized spacial score (nSPS) is 11.9. The SMILES string of the molecule is CNC(=O)C(C)N(Cc1cccc(C)c1)C(=O)CN(c1cccc([N+](=O)[O-])c1)S(=O)(=O)c1ccccc1. The third-order valence-corrected chi connectivity index (χ3v) is 7.58. The van der Waals surface area contributed by atoms with E-state index in [-0.39, 0.29) is 22.8 Å². The lowest BCUT2D eigenvalue weighted by Gasteiger charge is -2.31. The number of anilines is 1. The zero-order chi connectivity index (χ0) is 27.2. The van der Waals surface area contributed by atoms with E-state index in [2.05, 4.69) is 5.32 Å². The lowest BCUT2D eigenvalue weighted by atomic mass is 10.1. The number of nitrogens with one attached hydrogen (secondary N) is 1. The van der Waals surface area contributed by atoms with E-state index >= 15 is 0 Å². The van der Waals surface area contributed by atoms with Crippen molar-refractivity contribution >= 4 is 33.2 Å². The number of sulfonamides is 1. The van der Waals surface area contributed by atoms with E-state index in [1.54, 1.807) is 13.0 Å². The molecule has 0 aliphatic carbocycles. The fourth-order valence-electron chi connectivity index (χ4n) is 3.81. The standard InChI is InChI=1S/C26H28N4O6S/c1-19-9-7-10-21(15-19)17-28(20(2)26(32)27-3)25(31)18-29(22-11-8-12-23(16-22)30(33)34)37(35,36)24-13-5-4-6-14-24/h4-16,20H,17-18H2,1-3H3,(H,27,32). The monoisotopic (exact) mass is 524 g/mol. The smallest absolute Gasteiger partial charge is 0.271 e. The molecule has 194 valence electrons. The molecule has 0 aliphatic rings. The maximum Gasteiger partial charge on any atom is 0.271 e. The van der Waals surface area contributed by atoms with Crippen LogP contribution in [0, 0.1) is 17.0 Å². The number of carbonyl (C=O) groups excluding carboxylic acids is 2. The first-order valence-electron chi connectivity index (χ1n) is 11.4. The fraction of sp³-hybridized carbons (Fsp3) is 0.231. The number of nitrogens with zero attached hydrogens (tertiary/aromatic N) is 3. The molecule has 37 heavy (non-hydrogen) atoms. The van der Waals surface area contributed by atoms with Crippen molar-refractivity contribution in [2.24, 2.45) is 0 Å². The van der Waals surface area contributed by atoms with Crippen LogP contribution in [0.5, 0.6) is 0 Å². The average molecular weight is 525 g/mol. The van der Waals surface area contributed by atoms with E-state index in [1.807, 2.05) is 31.2 Å². The first-order valence-corrected chi connectivity index (χ1v) is 12.9. The van der Waals surface area contributed by atoms with Crippen molar-refractivity contribution in [1.29, 1.82) is 0 Å². The summed E-state index contributed by atoms with van der Waals surface area (Å²) in [4.78, 5) is 38.1. The lowest BCUT2D eigenvalue weighted by Crippen LogP contribution is -2.50. The van der Waals surface area contributed by atoms with Crippen LogP contribution < -0.4 is 9.62 Å². The summed E-state index contributed by atoms with van der Waals surface area (Å²) in [6, 6.07) is 19.0. The Kier molecular flexibility index (Phi) is 8.61. The largest absolute Gasteiger partial charge is 0.357 e. The highest BCUT2D eigenvalue weighted by molar-refractivity contribution is 7.92. The van der Waals surface area contributed by atoms with Crippen LogP contribution in [0.1, 0.15) is 18.1 Å². The van der Waals surface area contributed by atoms with Gasteiger partial charge in [-0.1, -0.05) is 54.1 Å². The molecule has 0 aliphatic heterocycles. The first kappa shape index (κ1) is 27.3. The molecule has 1 atom stereocenters. The van der Waals surface area contributed by atoms with Gasteiger partial charge < -0.3 is 10.2 Å². The quantitative estimate of drug-likeness (QED) is 0.320. The van der Waals surface area contributed by atoms with Gasteiger partial charge in [0.2, 0.25) is 11.8 Å². The maximum absolute atomic E-state index is 13.7. The first-order chi connectivity index (χ1) is 17.5. The summed E-state index contributed by atoms with van der Waals surface area (Å²) in [6.07, 6.45) is 0. The number of nitro benzene ring substituents is 1. The number of carbonyl (C=O) groups is 2. The predicted molar refractivity (Wildman–Crippen MR) is 139 cm³/mol. The van der Waals surface area contributed by atoms with Crippen LogP contribution >= 0.6 is 0 Å². The zero-order valence-electron chi connectivity index (χ0n) is 20.7. The van der Waals surface area contributed by atoms with E-state index in [0.717, 1.165) is 21.5 Å². The number of aryl methyl sites for hydroxylation is 1. The second-order valence-corrected chi connectivity index (χ2v) is 10.3. The third kappa shape index (κ3) is 6.50. The molecular weight excluding hydrogens is 496 g/mol. The van der Waals surface area contributed by atoms with Gasteiger partial charge in [0.05, 0.1) is 15.5 Å². The number of rotatable bonds is 10. The van der Waals surface area contributed by atoms with E-state index in [0.29, 0.717) is 0 Å². The molecule has 10 nitrogen and oxygen atoms in total. The molecule has 2 amide bonds. The summed E-state index contributed by atoms with van der Waals surface area (Å²) in [5, 5.41) is 13.9. The highest BCUT2D eigenvalue weighted by atomic mass is 32.2. The highest BCUT2D eigenvalue weighted by Crippen LogP contribution is 2.27. The van der Waals surface area contributed by atoms with Crippen LogP contribution in [0.3, 0.4) is 0 Å². The number of non-ortho nitro benzene ring substituents is 1. The zero-order valence-corrected chi connectivity index (χ0v) is 21.5. The summed E-state index contributed by atoms with van der Waals surface area (Å²) in [6.45, 7) is 2.83. The van der Waals surface area contributed by atoms with Crippen molar-refractivity contribution in [2.75, 3.05) is 17.9 Å². The van der Waals surface area contributed by atoms with Gasteiger partial charge in [-0.15, -0.1) is 0 Å². The van der Waals surface area contributed by atoms with Crippen molar-refractivity contribution in [3.63, 3.8) is 0 Å². The molecule has 1 N–H and O–H groups in total. The molecular formula is C26H28N4O6S. The number of likely N-dealkylation sites (N-methyl/N-ethyl adjacent to an activating group) is 1. The highest BCUT2D eigenvalue weighted by Gasteiger charge is 2.32. The Morgan fingerprint density at radius 2 is 1.68 bits per heavy atom. The minimum absolute atomic E-state index is 0.0468. The van der Waals surface area contributed by atoms with Gasteiger partial charge in [-0.05, 0) is 37.6 Å². The van der Waals surface area contributed by atoms with Gasteiger partial charge in [0.1, 0.15) is 12.6 Å². The summed E-state index contributed by atoms with van der Waals surface area (Å²) in [5.74, 6) is -1.07. The molecule has 3 rings (SSSR count). The molecule has 3 aromatic rings. The molecule has 3 aromatic carbocycles. The van der Waals surface area contributed by atoms with Gasteiger partial charge >= 0.3 is 0 Å². The van der Waals surface area contributed by atoms with Crippen LogP contribution in [0.4, 0.5) is 11.4 Å². The molecule has 1 unspecified atom stereocenters. The topological polar surface area (TPSA) is 130 Å². The number of hydrogen-bond donors (Lipinski definition) is 1. The number of amides is 2. The molecule has 0 spiro atoms. The number of hydrogen-bond acceptors (Lipinski definition) is 6. The van der Waals surface area contributed by atoms with Crippen molar-refractivity contribution in [3.8, 4) is 0 Å². The van der Waals surface area contributed by atoms with Gasteiger partial charge in [0, 0.05) is 25.7 Å². The molecule has 0 aromatic heterocycles. The van der Waals surface area contributed by atoms with Gasteiger partial charge in [-0.2, -0.15) is 0 Å². The van der Waals surface area contributed by atoms with Crippen LogP contribution in [-0.2, 0) is 26.2 Å². The predicted octanol–water partition coefficient (Wildman–Crippen LogP) is 3.26. The number of benzene rings is 3. The number of nitro groups is 1. The molecule has 0 heterocycles. The van der Waals surface area contributed by atoms with Crippen LogP contribution in [0.2, 0.25) is 0 Å². The summed E-state index contributed by atoms with van der Waals surface area (Å²) >= 11 is 0. The second kappa shape index (κ2) is 11.7. The van der Waals surface area contributed by atoms with E-state index in [9.17, 15) is 28.1 Å². The molecule has 0 radical (unpaired) electrons. The Morgan fingerprint density at radius 1 is 1.00 bits per heavy atom. The van der Waals surface area contributed by atoms with Crippen LogP contribution in [0.15, 0.2) is 83.8 Å². The molecule has 0 fully saturated rings. The van der Waals surface area contributed by atoms with Gasteiger partial charge in [-0.25, -0.2) is 8.42 Å². The van der Waals surface area contributed by atoms with Crippen LogP contribution in [-0.4, -0.2) is 49.7 Å². The summed E-state index contributed by atoms with van der Waals surface area (Å²) in [5.41, 5.74) is 1.35. The average Bonchev–Trinajstić information content (AvgIpc) is 2.89. The van der Waals surface area contributed by atoms with Crippen LogP contribution in [0.25, 0.3) is 0 Å². The molecule has 11 heteroatoms. The lowest BCUT2D eigenvalue weighted by molar-refractivity contribution is -0.384. The molecule has 0 bridgehead atoms. The van der Waals surface area contributed by atoms with E-state index < -0.39 is 39.3 Å². The third-order valence-electron chi connectivity index (χ3n) is 5.79. The second-order valence-electron chi connectivity index (χ2n) is 8.40. The Morgan fingerprint density at radius 3 is 2.30 bits per heavy atom. The van der Waals surface area contributed by atoms with Crippen molar-refractivity contribution in [1.82, 2.24) is 10.2 Å². The van der Waals surface area contributed by atoms with Crippen molar-refractivity contribution in [3.05, 3.63) is 100 Å². The summed E-state index contributed by atoms with van der Waals surface area (Å²) in [7, 11) is -2.85. The minimum atomic E-state index is -4.29. The van der Waals surface area contributed by atoms with Crippen molar-refractivity contribution in [2.45, 2.75) is 31.3 Å². The Labute approximate surface area is 215 Å². The molecule has 0 saturated heterocycles. The van der Waals surface area contributed by atoms with E-state index in [4.69, 9.17) is 0 Å². The molecule has 0 saturated carbocycles.